The molecule has 0 heterocycles. The summed E-state index contributed by atoms with van der Waals surface area (Å²) >= 11 is 0. The van der Waals surface area contributed by atoms with Crippen LogP contribution < -0.4 is 5.73 Å². The monoisotopic (exact) mass is 454 g/mol. The predicted molar refractivity (Wildman–Crippen MR) is 138 cm³/mol. The first-order valence-corrected chi connectivity index (χ1v) is 13.5. The van der Waals surface area contributed by atoms with Gasteiger partial charge in [-0.25, -0.2) is 4.99 Å². The molecule has 2 unspecified atom stereocenters. The number of benzene rings is 2. The van der Waals surface area contributed by atoms with E-state index in [2.05, 4.69) is 60.7 Å². The Morgan fingerprint density at radius 1 is 0.882 bits per heavy atom. The van der Waals surface area contributed by atoms with Crippen molar-refractivity contribution in [1.82, 2.24) is 0 Å². The highest BCUT2D eigenvalue weighted by Gasteiger charge is 2.63. The van der Waals surface area contributed by atoms with Crippen LogP contribution in [-0.2, 0) is 16.6 Å². The van der Waals surface area contributed by atoms with Gasteiger partial charge in [0.05, 0.1) is 5.41 Å². The van der Waals surface area contributed by atoms with Crippen molar-refractivity contribution in [1.29, 1.82) is 0 Å². The predicted octanol–water partition coefficient (Wildman–Crippen LogP) is 6.11. The van der Waals surface area contributed by atoms with Crippen LogP contribution in [0.3, 0.4) is 0 Å². The minimum atomic E-state index is -0.267. The van der Waals surface area contributed by atoms with Crippen LogP contribution in [-0.4, -0.2) is 18.2 Å². The molecule has 0 saturated heterocycles. The van der Waals surface area contributed by atoms with Crippen molar-refractivity contribution in [2.45, 2.75) is 75.7 Å². The molecule has 5 fully saturated rings. The van der Waals surface area contributed by atoms with Crippen LogP contribution in [0.2, 0.25) is 0 Å². The fourth-order valence-electron chi connectivity index (χ4n) is 8.45. The quantitative estimate of drug-likeness (QED) is 0.554. The van der Waals surface area contributed by atoms with Gasteiger partial charge in [0, 0.05) is 12.3 Å². The number of aliphatic imine (C=N–C) groups is 1. The lowest BCUT2D eigenvalue weighted by molar-refractivity contribution is -0.153. The number of rotatable bonds is 5. The second-order valence-electron chi connectivity index (χ2n) is 12.1. The lowest BCUT2D eigenvalue weighted by Crippen LogP contribution is -2.60. The Labute approximate surface area is 204 Å². The minimum Gasteiger partial charge on any atom is -0.328 e. The Kier molecular flexibility index (Phi) is 5.72. The summed E-state index contributed by atoms with van der Waals surface area (Å²) < 4.78 is 0. The van der Waals surface area contributed by atoms with E-state index in [0.29, 0.717) is 29.7 Å². The summed E-state index contributed by atoms with van der Waals surface area (Å²) in [7, 11) is 0. The topological polar surface area (TPSA) is 55.4 Å². The maximum absolute atomic E-state index is 13.8. The Balaban J connectivity index is 1.28. The number of amides is 1. The van der Waals surface area contributed by atoms with Crippen molar-refractivity contribution in [2.75, 3.05) is 0 Å². The highest BCUT2D eigenvalue weighted by molar-refractivity contribution is 5.90. The molecule has 0 spiro atoms. The van der Waals surface area contributed by atoms with Crippen LogP contribution in [0.5, 0.6) is 0 Å². The summed E-state index contributed by atoms with van der Waals surface area (Å²) in [4.78, 5) is 18.5. The number of nitrogens with two attached hydrogens (primary N) is 1. The third-order valence-electron chi connectivity index (χ3n) is 9.87. The van der Waals surface area contributed by atoms with E-state index in [0.717, 1.165) is 51.4 Å². The molecule has 0 radical (unpaired) electrons. The van der Waals surface area contributed by atoms with Crippen LogP contribution in [0.1, 0.15) is 68.9 Å². The molecule has 1 amide bonds. The van der Waals surface area contributed by atoms with E-state index in [1.165, 1.54) is 24.0 Å². The third kappa shape index (κ3) is 3.96. The third-order valence-corrected chi connectivity index (χ3v) is 9.87. The van der Waals surface area contributed by atoms with Gasteiger partial charge in [0.25, 0.3) is 5.91 Å². The molecule has 2 aromatic carbocycles. The lowest BCUT2D eigenvalue weighted by atomic mass is 9.39. The zero-order valence-corrected chi connectivity index (χ0v) is 20.2. The second kappa shape index (κ2) is 8.75. The van der Waals surface area contributed by atoms with Crippen LogP contribution >= 0.6 is 0 Å². The molecule has 2 N–H and O–H groups in total. The maximum atomic E-state index is 13.8. The van der Waals surface area contributed by atoms with Gasteiger partial charge in [-0.2, -0.15) is 0 Å². The SMILES string of the molecule is NC1CCC(C=NC(=O)C23CC4CC(c5ccccc5)(CC(C2)C4Cc2ccccc2)C3)CC1. The molecule has 5 saturated carbocycles. The van der Waals surface area contributed by atoms with Gasteiger partial charge in [-0.05, 0) is 104 Å². The lowest BCUT2D eigenvalue weighted by Gasteiger charge is -2.64. The summed E-state index contributed by atoms with van der Waals surface area (Å²) in [6.07, 6.45) is 12.9. The maximum Gasteiger partial charge on any atom is 0.251 e. The summed E-state index contributed by atoms with van der Waals surface area (Å²) in [5, 5.41) is 0. The molecule has 2 atom stereocenters. The van der Waals surface area contributed by atoms with E-state index in [9.17, 15) is 4.79 Å². The minimum absolute atomic E-state index is 0.142. The van der Waals surface area contributed by atoms with E-state index in [4.69, 9.17) is 10.7 Å². The number of hydrogen-bond acceptors (Lipinski definition) is 2. The number of nitrogens with zero attached hydrogens (tertiary/aromatic N) is 1. The normalized spacial score (nSPS) is 38.9. The zero-order valence-electron chi connectivity index (χ0n) is 20.2. The summed E-state index contributed by atoms with van der Waals surface area (Å²) in [5.74, 6) is 2.49. The smallest absolute Gasteiger partial charge is 0.251 e. The fourth-order valence-corrected chi connectivity index (χ4v) is 8.45. The Morgan fingerprint density at radius 2 is 1.50 bits per heavy atom. The van der Waals surface area contributed by atoms with E-state index >= 15 is 0 Å². The molecule has 5 aliphatic rings. The van der Waals surface area contributed by atoms with Gasteiger partial charge in [-0.1, -0.05) is 60.7 Å². The molecule has 3 nitrogen and oxygen atoms in total. The van der Waals surface area contributed by atoms with Gasteiger partial charge in [0.1, 0.15) is 0 Å². The largest absolute Gasteiger partial charge is 0.328 e. The first kappa shape index (κ1) is 22.2. The second-order valence-corrected chi connectivity index (χ2v) is 12.1. The molecule has 34 heavy (non-hydrogen) atoms. The van der Waals surface area contributed by atoms with Gasteiger partial charge in [0.2, 0.25) is 0 Å². The molecule has 4 bridgehead atoms. The van der Waals surface area contributed by atoms with E-state index in [-0.39, 0.29) is 16.7 Å². The Morgan fingerprint density at radius 3 is 2.15 bits per heavy atom. The molecule has 0 aliphatic heterocycles. The molecule has 3 heteroatoms. The average Bonchev–Trinajstić information content (AvgIpc) is 2.86. The van der Waals surface area contributed by atoms with Crippen molar-refractivity contribution >= 4 is 12.1 Å². The summed E-state index contributed by atoms with van der Waals surface area (Å²) in [6.45, 7) is 0. The molecule has 7 rings (SSSR count). The average molecular weight is 455 g/mol. The highest BCUT2D eigenvalue weighted by atomic mass is 16.1. The number of carbonyl (C=O) groups is 1. The summed E-state index contributed by atoms with van der Waals surface area (Å²) in [6, 6.07) is 22.4. The Bertz CT molecular complexity index is 1020. The molecular weight excluding hydrogens is 416 g/mol. The molecule has 2 aromatic rings. The van der Waals surface area contributed by atoms with Gasteiger partial charge in [-0.15, -0.1) is 0 Å². The van der Waals surface area contributed by atoms with Crippen molar-refractivity contribution in [2.24, 2.45) is 39.8 Å². The molecule has 178 valence electrons. The summed E-state index contributed by atoms with van der Waals surface area (Å²) in [5.41, 5.74) is 8.85. The van der Waals surface area contributed by atoms with Crippen LogP contribution in [0.4, 0.5) is 0 Å². The number of carbonyl (C=O) groups excluding carboxylic acids is 1. The Hall–Kier alpha value is -2.26. The van der Waals surface area contributed by atoms with Crippen LogP contribution in [0, 0.1) is 29.1 Å². The van der Waals surface area contributed by atoms with Gasteiger partial charge >= 0.3 is 0 Å². The van der Waals surface area contributed by atoms with Crippen molar-refractivity contribution in [3.8, 4) is 0 Å². The first-order valence-electron chi connectivity index (χ1n) is 13.5. The highest BCUT2D eigenvalue weighted by Crippen LogP contribution is 2.68. The number of hydrogen-bond donors (Lipinski definition) is 1. The van der Waals surface area contributed by atoms with Crippen molar-refractivity contribution in [3.05, 3.63) is 71.8 Å². The van der Waals surface area contributed by atoms with Gasteiger partial charge < -0.3 is 5.73 Å². The van der Waals surface area contributed by atoms with E-state index < -0.39 is 0 Å². The molecule has 0 aromatic heterocycles. The molecular formula is C31H38N2O. The van der Waals surface area contributed by atoms with E-state index in [1.54, 1.807) is 0 Å². The van der Waals surface area contributed by atoms with Crippen molar-refractivity contribution in [3.63, 3.8) is 0 Å². The fraction of sp³-hybridized carbons (Fsp3) is 0.548. The standard InChI is InChI=1S/C31H38N2O/c32-27-13-11-23(12-14-27)20-33-29(34)31-18-24-16-30(21-31,26-9-5-2-6-10-26)17-25(19-31)28(24)15-22-7-3-1-4-8-22/h1-10,20,23-25,27-28H,11-19,21,32H2. The van der Waals surface area contributed by atoms with Crippen LogP contribution in [0.25, 0.3) is 0 Å². The van der Waals surface area contributed by atoms with Crippen molar-refractivity contribution < 1.29 is 4.79 Å². The van der Waals surface area contributed by atoms with Gasteiger partial charge in [-0.3, -0.25) is 4.79 Å². The van der Waals surface area contributed by atoms with Gasteiger partial charge in [0.15, 0.2) is 0 Å². The molecule has 5 aliphatic carbocycles. The zero-order chi connectivity index (χ0) is 23.2. The van der Waals surface area contributed by atoms with E-state index in [1.807, 2.05) is 6.21 Å². The first-order chi connectivity index (χ1) is 16.6. The van der Waals surface area contributed by atoms with Crippen LogP contribution in [0.15, 0.2) is 65.7 Å².